The molecule has 0 fully saturated rings. The maximum absolute atomic E-state index is 11.7. The number of rotatable bonds is 7. The number of hydrogen-bond donors (Lipinski definition) is 1. The molecule has 0 saturated heterocycles. The Morgan fingerprint density at radius 3 is 2.70 bits per heavy atom. The molecule has 23 heavy (non-hydrogen) atoms. The van der Waals surface area contributed by atoms with Gasteiger partial charge < -0.3 is 9.84 Å². The zero-order chi connectivity index (χ0) is 17.4. The first kappa shape index (κ1) is 19.7. The van der Waals surface area contributed by atoms with E-state index in [1.165, 1.54) is 5.57 Å². The molecule has 3 nitrogen and oxygen atoms in total. The summed E-state index contributed by atoms with van der Waals surface area (Å²) in [6, 6.07) is 0. The van der Waals surface area contributed by atoms with Crippen molar-refractivity contribution in [3.05, 3.63) is 34.9 Å². The van der Waals surface area contributed by atoms with E-state index >= 15 is 0 Å². The molecule has 3 atom stereocenters. The van der Waals surface area contributed by atoms with Crippen LogP contribution in [-0.4, -0.2) is 23.8 Å². The van der Waals surface area contributed by atoms with Gasteiger partial charge in [-0.15, -0.1) is 0 Å². The number of ether oxygens (including phenoxy) is 1. The summed E-state index contributed by atoms with van der Waals surface area (Å²) in [4.78, 5) is 11.7. The maximum Gasteiger partial charge on any atom is 0.333 e. The van der Waals surface area contributed by atoms with Crippen molar-refractivity contribution in [2.24, 2.45) is 11.8 Å². The molecule has 0 saturated carbocycles. The minimum absolute atomic E-state index is 0.278. The van der Waals surface area contributed by atoms with Crippen molar-refractivity contribution in [3.8, 4) is 0 Å². The van der Waals surface area contributed by atoms with Gasteiger partial charge in [0.15, 0.2) is 0 Å². The molecule has 3 unspecified atom stereocenters. The Hall–Kier alpha value is -1.35. The topological polar surface area (TPSA) is 46.5 Å². The Labute approximate surface area is 141 Å². The fourth-order valence-electron chi connectivity index (χ4n) is 2.95. The van der Waals surface area contributed by atoms with Crippen LogP contribution in [0.4, 0.5) is 0 Å². The zero-order valence-electron chi connectivity index (χ0n) is 15.3. The Bertz CT molecular complexity index is 481. The van der Waals surface area contributed by atoms with Crippen LogP contribution in [0.15, 0.2) is 34.9 Å². The van der Waals surface area contributed by atoms with Gasteiger partial charge in [0, 0.05) is 5.57 Å². The third-order valence-corrected chi connectivity index (χ3v) is 4.69. The Balaban J connectivity index is 2.49. The average molecular weight is 320 g/mol. The second-order valence-electron chi connectivity index (χ2n) is 6.90. The standard InChI is InChI=1S/C20H32O3/c1-6-15(4)20(22)23-13-17-10-11-18(19(21)12-17)16(5)9-7-8-14(2)3/h6,8,12,16,18-19,21H,7,9-11,13H2,1-5H3. The number of aliphatic hydroxyl groups is 1. The lowest BCUT2D eigenvalue weighted by molar-refractivity contribution is -0.138. The quantitative estimate of drug-likeness (QED) is 0.424. The van der Waals surface area contributed by atoms with E-state index in [2.05, 4.69) is 26.8 Å². The number of aliphatic hydroxyl groups excluding tert-OH is 1. The van der Waals surface area contributed by atoms with Crippen LogP contribution >= 0.6 is 0 Å². The van der Waals surface area contributed by atoms with Crippen LogP contribution in [0.5, 0.6) is 0 Å². The Morgan fingerprint density at radius 1 is 1.43 bits per heavy atom. The van der Waals surface area contributed by atoms with E-state index in [1.54, 1.807) is 13.0 Å². The molecule has 0 aromatic heterocycles. The molecule has 0 radical (unpaired) electrons. The fraction of sp³-hybridized carbons (Fsp3) is 0.650. The number of carbonyl (C=O) groups is 1. The highest BCUT2D eigenvalue weighted by atomic mass is 16.5. The van der Waals surface area contributed by atoms with Crippen molar-refractivity contribution in [2.45, 2.75) is 66.4 Å². The molecular weight excluding hydrogens is 288 g/mol. The van der Waals surface area contributed by atoms with Crippen molar-refractivity contribution in [2.75, 3.05) is 6.61 Å². The van der Waals surface area contributed by atoms with Crippen molar-refractivity contribution < 1.29 is 14.6 Å². The highest BCUT2D eigenvalue weighted by molar-refractivity contribution is 5.87. The van der Waals surface area contributed by atoms with Gasteiger partial charge in [-0.3, -0.25) is 0 Å². The molecule has 0 amide bonds. The van der Waals surface area contributed by atoms with Gasteiger partial charge >= 0.3 is 5.97 Å². The molecule has 1 N–H and O–H groups in total. The Kier molecular flexibility index (Phi) is 8.32. The van der Waals surface area contributed by atoms with Gasteiger partial charge in [0.05, 0.1) is 6.10 Å². The van der Waals surface area contributed by atoms with Crippen molar-refractivity contribution >= 4 is 5.97 Å². The van der Waals surface area contributed by atoms with Crippen LogP contribution in [-0.2, 0) is 9.53 Å². The molecule has 0 aromatic rings. The third-order valence-electron chi connectivity index (χ3n) is 4.69. The zero-order valence-corrected chi connectivity index (χ0v) is 15.3. The van der Waals surface area contributed by atoms with Gasteiger partial charge in [0.25, 0.3) is 0 Å². The molecule has 3 heteroatoms. The molecule has 1 rings (SSSR count). The van der Waals surface area contributed by atoms with E-state index in [9.17, 15) is 9.90 Å². The summed E-state index contributed by atoms with van der Waals surface area (Å²) < 4.78 is 5.28. The largest absolute Gasteiger partial charge is 0.458 e. The van der Waals surface area contributed by atoms with E-state index in [0.29, 0.717) is 24.0 Å². The minimum Gasteiger partial charge on any atom is -0.458 e. The summed E-state index contributed by atoms with van der Waals surface area (Å²) in [5.74, 6) is 0.517. The van der Waals surface area contributed by atoms with Gasteiger partial charge in [0.2, 0.25) is 0 Å². The number of esters is 1. The summed E-state index contributed by atoms with van der Waals surface area (Å²) >= 11 is 0. The minimum atomic E-state index is -0.429. The smallest absolute Gasteiger partial charge is 0.333 e. The van der Waals surface area contributed by atoms with Crippen LogP contribution in [0.1, 0.15) is 60.3 Å². The molecule has 0 aliphatic heterocycles. The normalized spacial score (nSPS) is 23.0. The molecular formula is C20H32O3. The van der Waals surface area contributed by atoms with Crippen molar-refractivity contribution in [1.29, 1.82) is 0 Å². The van der Waals surface area contributed by atoms with E-state index in [4.69, 9.17) is 4.74 Å². The predicted molar refractivity (Wildman–Crippen MR) is 95.0 cm³/mol. The first-order valence-corrected chi connectivity index (χ1v) is 8.66. The van der Waals surface area contributed by atoms with Gasteiger partial charge in [-0.1, -0.05) is 30.7 Å². The molecule has 0 bridgehead atoms. The average Bonchev–Trinajstić information content (AvgIpc) is 2.51. The number of allylic oxidation sites excluding steroid dienone is 3. The van der Waals surface area contributed by atoms with E-state index in [1.807, 2.05) is 13.0 Å². The van der Waals surface area contributed by atoms with Crippen LogP contribution in [0.2, 0.25) is 0 Å². The third kappa shape index (κ3) is 6.74. The SMILES string of the molecule is CC=C(C)C(=O)OCC1=CC(O)C(C(C)CCC=C(C)C)CC1. The second kappa shape index (κ2) is 9.71. The summed E-state index contributed by atoms with van der Waals surface area (Å²) in [7, 11) is 0. The highest BCUT2D eigenvalue weighted by Gasteiger charge is 2.27. The maximum atomic E-state index is 11.7. The van der Waals surface area contributed by atoms with Crippen LogP contribution < -0.4 is 0 Å². The summed E-state index contributed by atoms with van der Waals surface area (Å²) in [6.07, 6.45) is 9.51. The van der Waals surface area contributed by atoms with Crippen LogP contribution in [0.25, 0.3) is 0 Å². The lowest BCUT2D eigenvalue weighted by Crippen LogP contribution is -2.29. The van der Waals surface area contributed by atoms with Crippen molar-refractivity contribution in [3.63, 3.8) is 0 Å². The summed E-state index contributed by atoms with van der Waals surface area (Å²) in [5.41, 5.74) is 3.00. The highest BCUT2D eigenvalue weighted by Crippen LogP contribution is 2.32. The van der Waals surface area contributed by atoms with Crippen LogP contribution in [0, 0.1) is 11.8 Å². The van der Waals surface area contributed by atoms with Crippen LogP contribution in [0.3, 0.4) is 0 Å². The first-order valence-electron chi connectivity index (χ1n) is 8.66. The molecule has 0 heterocycles. The summed E-state index contributed by atoms with van der Waals surface area (Å²) in [5, 5.41) is 10.4. The monoisotopic (exact) mass is 320 g/mol. The molecule has 0 aromatic carbocycles. The summed E-state index contributed by atoms with van der Waals surface area (Å²) in [6.45, 7) is 10.3. The molecule has 130 valence electrons. The molecule has 1 aliphatic carbocycles. The molecule has 1 aliphatic rings. The van der Waals surface area contributed by atoms with Crippen molar-refractivity contribution in [1.82, 2.24) is 0 Å². The van der Waals surface area contributed by atoms with Gasteiger partial charge in [-0.25, -0.2) is 4.79 Å². The lowest BCUT2D eigenvalue weighted by Gasteiger charge is -2.31. The van der Waals surface area contributed by atoms with E-state index in [-0.39, 0.29) is 5.97 Å². The van der Waals surface area contributed by atoms with Gasteiger partial charge in [0.1, 0.15) is 6.61 Å². The first-order chi connectivity index (χ1) is 10.8. The number of carbonyl (C=O) groups excluding carboxylic acids is 1. The number of hydrogen-bond acceptors (Lipinski definition) is 3. The van der Waals surface area contributed by atoms with Gasteiger partial charge in [-0.05, 0) is 70.8 Å². The Morgan fingerprint density at radius 2 is 2.13 bits per heavy atom. The second-order valence-corrected chi connectivity index (χ2v) is 6.90. The lowest BCUT2D eigenvalue weighted by atomic mass is 9.78. The van der Waals surface area contributed by atoms with Gasteiger partial charge in [-0.2, -0.15) is 0 Å². The fourth-order valence-corrected chi connectivity index (χ4v) is 2.95. The predicted octanol–water partition coefficient (Wildman–Crippen LogP) is 4.58. The van der Waals surface area contributed by atoms with E-state index in [0.717, 1.165) is 31.3 Å². The molecule has 0 spiro atoms. The van der Waals surface area contributed by atoms with E-state index < -0.39 is 6.10 Å².